The van der Waals surface area contributed by atoms with Gasteiger partial charge in [0.05, 0.1) is 18.6 Å². The SMILES string of the molecule is COCCN1CCN(C(=O)C2(C)CCN(C(C)=O)C2)CC1=O. The molecule has 7 nitrogen and oxygen atoms in total. The molecule has 2 fully saturated rings. The molecular formula is C15H25N3O4. The Balaban J connectivity index is 1.94. The molecule has 124 valence electrons. The first-order valence-electron chi connectivity index (χ1n) is 7.69. The number of carbonyl (C=O) groups is 3. The molecule has 2 aliphatic rings. The number of rotatable bonds is 4. The normalized spacial score (nSPS) is 25.8. The zero-order valence-electron chi connectivity index (χ0n) is 13.6. The minimum Gasteiger partial charge on any atom is -0.383 e. The Hall–Kier alpha value is -1.63. The second kappa shape index (κ2) is 6.64. The summed E-state index contributed by atoms with van der Waals surface area (Å²) in [6, 6.07) is 0. The lowest BCUT2D eigenvalue weighted by atomic mass is 9.87. The predicted octanol–water partition coefficient (Wildman–Crippen LogP) is -0.438. The predicted molar refractivity (Wildman–Crippen MR) is 80.0 cm³/mol. The molecule has 0 aromatic carbocycles. The van der Waals surface area contributed by atoms with Gasteiger partial charge in [-0.05, 0) is 13.3 Å². The Labute approximate surface area is 131 Å². The van der Waals surface area contributed by atoms with E-state index in [0.29, 0.717) is 45.8 Å². The second-order valence-electron chi connectivity index (χ2n) is 6.35. The molecule has 7 heteroatoms. The molecule has 1 unspecified atom stereocenters. The number of nitrogens with zero attached hydrogens (tertiary/aromatic N) is 3. The van der Waals surface area contributed by atoms with Crippen LogP contribution in [0, 0.1) is 5.41 Å². The molecule has 2 rings (SSSR count). The summed E-state index contributed by atoms with van der Waals surface area (Å²) in [5.74, 6) is -0.0605. The van der Waals surface area contributed by atoms with Crippen LogP contribution in [0.4, 0.5) is 0 Å². The molecule has 0 aromatic heterocycles. The number of piperazine rings is 1. The molecule has 2 aliphatic heterocycles. The first-order chi connectivity index (χ1) is 10.4. The van der Waals surface area contributed by atoms with E-state index in [1.807, 2.05) is 6.92 Å². The van der Waals surface area contributed by atoms with Crippen LogP contribution in [0.2, 0.25) is 0 Å². The quantitative estimate of drug-likeness (QED) is 0.706. The maximum Gasteiger partial charge on any atom is 0.242 e. The van der Waals surface area contributed by atoms with Crippen LogP contribution in [0.3, 0.4) is 0 Å². The van der Waals surface area contributed by atoms with Crippen LogP contribution >= 0.6 is 0 Å². The van der Waals surface area contributed by atoms with Gasteiger partial charge in [0.15, 0.2) is 0 Å². The van der Waals surface area contributed by atoms with E-state index in [0.717, 1.165) is 0 Å². The minimum atomic E-state index is -0.569. The van der Waals surface area contributed by atoms with Gasteiger partial charge in [-0.3, -0.25) is 14.4 Å². The standard InChI is InChI=1S/C15H25N3O4/c1-12(19)18-5-4-15(2,11-18)14(21)17-7-6-16(8-9-22-3)13(20)10-17/h4-11H2,1-3H3. The van der Waals surface area contributed by atoms with E-state index in [1.54, 1.807) is 21.8 Å². The Morgan fingerprint density at radius 1 is 1.23 bits per heavy atom. The molecule has 3 amide bonds. The maximum absolute atomic E-state index is 12.7. The second-order valence-corrected chi connectivity index (χ2v) is 6.35. The number of carbonyl (C=O) groups excluding carboxylic acids is 3. The first kappa shape index (κ1) is 16.7. The van der Waals surface area contributed by atoms with E-state index in [-0.39, 0.29) is 24.3 Å². The molecule has 1 atom stereocenters. The van der Waals surface area contributed by atoms with E-state index in [4.69, 9.17) is 4.74 Å². The number of likely N-dealkylation sites (tertiary alicyclic amines) is 1. The highest BCUT2D eigenvalue weighted by Crippen LogP contribution is 2.32. The third kappa shape index (κ3) is 3.40. The summed E-state index contributed by atoms with van der Waals surface area (Å²) in [5, 5.41) is 0. The Morgan fingerprint density at radius 2 is 1.95 bits per heavy atom. The van der Waals surface area contributed by atoms with Crippen LogP contribution in [0.5, 0.6) is 0 Å². The average molecular weight is 311 g/mol. The van der Waals surface area contributed by atoms with Crippen LogP contribution in [0.15, 0.2) is 0 Å². The van der Waals surface area contributed by atoms with Gasteiger partial charge in [0.2, 0.25) is 17.7 Å². The lowest BCUT2D eigenvalue weighted by Crippen LogP contribution is -2.56. The lowest BCUT2D eigenvalue weighted by molar-refractivity contribution is -0.151. The smallest absolute Gasteiger partial charge is 0.242 e. The van der Waals surface area contributed by atoms with Gasteiger partial charge in [-0.1, -0.05) is 0 Å². The van der Waals surface area contributed by atoms with E-state index >= 15 is 0 Å². The molecule has 2 heterocycles. The van der Waals surface area contributed by atoms with Crippen molar-refractivity contribution in [1.82, 2.24) is 14.7 Å². The largest absolute Gasteiger partial charge is 0.383 e. The van der Waals surface area contributed by atoms with Crippen molar-refractivity contribution in [2.45, 2.75) is 20.3 Å². The van der Waals surface area contributed by atoms with E-state index < -0.39 is 5.41 Å². The van der Waals surface area contributed by atoms with Gasteiger partial charge in [-0.15, -0.1) is 0 Å². The molecule has 0 N–H and O–H groups in total. The first-order valence-corrected chi connectivity index (χ1v) is 7.69. The van der Waals surface area contributed by atoms with Crippen LogP contribution in [0.25, 0.3) is 0 Å². The fraction of sp³-hybridized carbons (Fsp3) is 0.800. The van der Waals surface area contributed by atoms with Gasteiger partial charge < -0.3 is 19.4 Å². The number of amides is 3. The van der Waals surface area contributed by atoms with E-state index in [2.05, 4.69) is 0 Å². The van der Waals surface area contributed by atoms with Crippen LogP contribution < -0.4 is 0 Å². The van der Waals surface area contributed by atoms with Gasteiger partial charge in [0.25, 0.3) is 0 Å². The highest BCUT2D eigenvalue weighted by atomic mass is 16.5. The van der Waals surface area contributed by atoms with Crippen molar-refractivity contribution in [2.75, 3.05) is 53.0 Å². The number of hydrogen-bond donors (Lipinski definition) is 0. The number of ether oxygens (including phenoxy) is 1. The minimum absolute atomic E-state index is 0.00279. The fourth-order valence-corrected chi connectivity index (χ4v) is 3.11. The topological polar surface area (TPSA) is 70.2 Å². The van der Waals surface area contributed by atoms with Crippen LogP contribution in [0.1, 0.15) is 20.3 Å². The summed E-state index contributed by atoms with van der Waals surface area (Å²) >= 11 is 0. The van der Waals surface area contributed by atoms with Crippen molar-refractivity contribution < 1.29 is 19.1 Å². The summed E-state index contributed by atoms with van der Waals surface area (Å²) in [6.45, 7) is 6.74. The fourth-order valence-electron chi connectivity index (χ4n) is 3.11. The van der Waals surface area contributed by atoms with Crippen molar-refractivity contribution in [2.24, 2.45) is 5.41 Å². The highest BCUT2D eigenvalue weighted by molar-refractivity contribution is 5.89. The lowest BCUT2D eigenvalue weighted by Gasteiger charge is -2.38. The van der Waals surface area contributed by atoms with Crippen molar-refractivity contribution >= 4 is 17.7 Å². The zero-order chi connectivity index (χ0) is 16.3. The van der Waals surface area contributed by atoms with Gasteiger partial charge in [-0.25, -0.2) is 0 Å². The molecule has 22 heavy (non-hydrogen) atoms. The van der Waals surface area contributed by atoms with E-state index in [1.165, 1.54) is 6.92 Å². The Bertz CT molecular complexity index is 468. The average Bonchev–Trinajstić information content (AvgIpc) is 2.89. The number of methoxy groups -OCH3 is 1. The van der Waals surface area contributed by atoms with Crippen LogP contribution in [-0.2, 0) is 19.1 Å². The molecule has 2 saturated heterocycles. The molecule has 0 aliphatic carbocycles. The Kier molecular flexibility index (Phi) is 5.05. The number of hydrogen-bond acceptors (Lipinski definition) is 4. The molecule has 0 saturated carbocycles. The van der Waals surface area contributed by atoms with Crippen molar-refractivity contribution in [3.8, 4) is 0 Å². The third-order valence-electron chi connectivity index (χ3n) is 4.61. The highest BCUT2D eigenvalue weighted by Gasteiger charge is 2.44. The summed E-state index contributed by atoms with van der Waals surface area (Å²) in [6.07, 6.45) is 0.656. The summed E-state index contributed by atoms with van der Waals surface area (Å²) < 4.78 is 4.99. The monoisotopic (exact) mass is 311 g/mol. The maximum atomic E-state index is 12.7. The van der Waals surface area contributed by atoms with Crippen molar-refractivity contribution in [3.63, 3.8) is 0 Å². The van der Waals surface area contributed by atoms with Gasteiger partial charge in [0, 0.05) is 46.8 Å². The third-order valence-corrected chi connectivity index (χ3v) is 4.61. The molecular weight excluding hydrogens is 286 g/mol. The van der Waals surface area contributed by atoms with Gasteiger partial charge >= 0.3 is 0 Å². The van der Waals surface area contributed by atoms with Crippen LogP contribution in [-0.4, -0.2) is 85.4 Å². The van der Waals surface area contributed by atoms with E-state index in [9.17, 15) is 14.4 Å². The molecule has 0 bridgehead atoms. The van der Waals surface area contributed by atoms with Crippen molar-refractivity contribution in [1.29, 1.82) is 0 Å². The van der Waals surface area contributed by atoms with Gasteiger partial charge in [0.1, 0.15) is 0 Å². The summed E-state index contributed by atoms with van der Waals surface area (Å²) in [5.41, 5.74) is -0.569. The zero-order valence-corrected chi connectivity index (χ0v) is 13.6. The molecule has 0 aromatic rings. The van der Waals surface area contributed by atoms with Gasteiger partial charge in [-0.2, -0.15) is 0 Å². The van der Waals surface area contributed by atoms with Crippen molar-refractivity contribution in [3.05, 3.63) is 0 Å². The summed E-state index contributed by atoms with van der Waals surface area (Å²) in [7, 11) is 1.60. The molecule has 0 spiro atoms. The summed E-state index contributed by atoms with van der Waals surface area (Å²) in [4.78, 5) is 41.4. The molecule has 0 radical (unpaired) electrons. The Morgan fingerprint density at radius 3 is 2.50 bits per heavy atom.